The van der Waals surface area contributed by atoms with Gasteiger partial charge in [-0.15, -0.1) is 0 Å². The second-order valence-corrected chi connectivity index (χ2v) is 6.72. The molecule has 0 fully saturated rings. The normalized spacial score (nSPS) is 11.5. The average Bonchev–Trinajstić information content (AvgIpc) is 2.33. The molecule has 0 amide bonds. The summed E-state index contributed by atoms with van der Waals surface area (Å²) in [6.45, 7) is 2.37. The van der Waals surface area contributed by atoms with Crippen LogP contribution in [0.1, 0.15) is 12.5 Å². The molecule has 1 aromatic rings. The van der Waals surface area contributed by atoms with Gasteiger partial charge in [-0.3, -0.25) is 0 Å². The molecule has 18 heavy (non-hydrogen) atoms. The van der Waals surface area contributed by atoms with Crippen molar-refractivity contribution < 1.29 is 13.2 Å². The number of hydrogen-bond acceptors (Lipinski definition) is 4. The molecular formula is C12H18ClNO3S. The number of rotatable bonds is 7. The maximum Gasteiger partial charge on any atom is 0.153 e. The molecule has 4 nitrogen and oxygen atoms in total. The third-order valence-corrected chi connectivity index (χ3v) is 4.46. The van der Waals surface area contributed by atoms with Gasteiger partial charge in [0, 0.05) is 17.9 Å². The zero-order valence-corrected chi connectivity index (χ0v) is 12.1. The molecule has 0 saturated heterocycles. The van der Waals surface area contributed by atoms with Gasteiger partial charge in [-0.05, 0) is 13.1 Å². The maximum absolute atomic E-state index is 11.4. The summed E-state index contributed by atoms with van der Waals surface area (Å²) in [6, 6.07) is 5.46. The van der Waals surface area contributed by atoms with Gasteiger partial charge in [-0.1, -0.05) is 30.7 Å². The van der Waals surface area contributed by atoms with Crippen molar-refractivity contribution in [2.75, 3.05) is 25.2 Å². The molecule has 0 unspecified atom stereocenters. The predicted octanol–water partition coefficient (Wildman–Crippen LogP) is 1.87. The van der Waals surface area contributed by atoms with Gasteiger partial charge in [0.2, 0.25) is 0 Å². The van der Waals surface area contributed by atoms with Crippen LogP contribution in [0.5, 0.6) is 5.75 Å². The van der Waals surface area contributed by atoms with Gasteiger partial charge in [0.1, 0.15) is 12.4 Å². The Morgan fingerprint density at radius 2 is 2.11 bits per heavy atom. The molecule has 1 aromatic carbocycles. The minimum Gasteiger partial charge on any atom is -0.491 e. The molecule has 0 heterocycles. The lowest BCUT2D eigenvalue weighted by atomic mass is 10.2. The Morgan fingerprint density at radius 1 is 1.39 bits per heavy atom. The van der Waals surface area contributed by atoms with Crippen LogP contribution < -0.4 is 10.1 Å². The Balaban J connectivity index is 2.72. The van der Waals surface area contributed by atoms with E-state index >= 15 is 0 Å². The van der Waals surface area contributed by atoms with Crippen LogP contribution in [0.15, 0.2) is 18.2 Å². The van der Waals surface area contributed by atoms with Crippen molar-refractivity contribution in [2.24, 2.45) is 0 Å². The molecule has 1 N–H and O–H groups in total. The van der Waals surface area contributed by atoms with Gasteiger partial charge in [-0.2, -0.15) is 0 Å². The fraction of sp³-hybridized carbons (Fsp3) is 0.500. The van der Waals surface area contributed by atoms with Gasteiger partial charge < -0.3 is 10.1 Å². The summed E-state index contributed by atoms with van der Waals surface area (Å²) in [4.78, 5) is 0. The molecule has 0 bridgehead atoms. The van der Waals surface area contributed by atoms with Crippen LogP contribution in [0, 0.1) is 0 Å². The molecule has 0 saturated carbocycles. The highest BCUT2D eigenvalue weighted by atomic mass is 35.5. The summed E-state index contributed by atoms with van der Waals surface area (Å²) in [7, 11) is -1.19. The number of nitrogens with one attached hydrogen (secondary N) is 1. The quantitative estimate of drug-likeness (QED) is 0.833. The Hall–Kier alpha value is -0.780. The molecule has 0 aliphatic rings. The Morgan fingerprint density at radius 3 is 2.72 bits per heavy atom. The second-order valence-electron chi connectivity index (χ2n) is 3.84. The number of halogens is 1. The molecular weight excluding hydrogens is 274 g/mol. The number of benzene rings is 1. The number of para-hydroxylation sites is 1. The summed E-state index contributed by atoms with van der Waals surface area (Å²) in [6.07, 6.45) is 0. The highest BCUT2D eigenvalue weighted by Gasteiger charge is 2.11. The van der Waals surface area contributed by atoms with Gasteiger partial charge in [0.05, 0.1) is 10.8 Å². The molecule has 0 radical (unpaired) electrons. The van der Waals surface area contributed by atoms with E-state index in [0.717, 1.165) is 5.56 Å². The van der Waals surface area contributed by atoms with Crippen LogP contribution in [0.25, 0.3) is 0 Å². The highest BCUT2D eigenvalue weighted by molar-refractivity contribution is 7.91. The van der Waals surface area contributed by atoms with Crippen molar-refractivity contribution in [1.29, 1.82) is 0 Å². The summed E-state index contributed by atoms with van der Waals surface area (Å²) < 4.78 is 28.2. The third-order valence-electron chi connectivity index (χ3n) is 2.50. The van der Waals surface area contributed by atoms with Gasteiger partial charge >= 0.3 is 0 Å². The first-order valence-corrected chi connectivity index (χ1v) is 7.95. The van der Waals surface area contributed by atoms with Crippen molar-refractivity contribution >= 4 is 21.4 Å². The standard InChI is InChI=1S/C12H18ClNO3S/c1-3-18(15,16)8-7-17-12-10(9-14-2)5-4-6-11(12)13/h4-6,14H,3,7-9H2,1-2H3. The zero-order valence-electron chi connectivity index (χ0n) is 10.6. The van der Waals surface area contributed by atoms with Crippen molar-refractivity contribution in [3.63, 3.8) is 0 Å². The number of sulfone groups is 1. The summed E-state index contributed by atoms with van der Waals surface area (Å²) in [5.74, 6) is 0.690. The topological polar surface area (TPSA) is 55.4 Å². The largest absolute Gasteiger partial charge is 0.491 e. The van der Waals surface area contributed by atoms with E-state index in [4.69, 9.17) is 16.3 Å². The van der Waals surface area contributed by atoms with E-state index in [9.17, 15) is 8.42 Å². The Kier molecular flexibility index (Phi) is 5.91. The summed E-state index contributed by atoms with van der Waals surface area (Å²) in [5, 5.41) is 3.51. The maximum atomic E-state index is 11.4. The van der Waals surface area contributed by atoms with Crippen LogP contribution in [-0.4, -0.2) is 33.6 Å². The first kappa shape index (κ1) is 15.3. The van der Waals surface area contributed by atoms with E-state index < -0.39 is 9.84 Å². The first-order chi connectivity index (χ1) is 8.50. The molecule has 0 spiro atoms. The minimum atomic E-state index is -3.01. The average molecular weight is 292 g/mol. The molecule has 0 aliphatic carbocycles. The van der Waals surface area contributed by atoms with Crippen LogP contribution in [0.4, 0.5) is 0 Å². The molecule has 6 heteroatoms. The Labute approximate surface area is 113 Å². The first-order valence-electron chi connectivity index (χ1n) is 5.75. The van der Waals surface area contributed by atoms with Crippen molar-refractivity contribution in [3.8, 4) is 5.75 Å². The van der Waals surface area contributed by atoms with Crippen molar-refractivity contribution in [2.45, 2.75) is 13.5 Å². The molecule has 0 aliphatic heterocycles. The van der Waals surface area contributed by atoms with Crippen molar-refractivity contribution in [3.05, 3.63) is 28.8 Å². The number of hydrogen-bond donors (Lipinski definition) is 1. The van der Waals surface area contributed by atoms with Crippen LogP contribution >= 0.6 is 11.6 Å². The van der Waals surface area contributed by atoms with E-state index in [-0.39, 0.29) is 18.1 Å². The van der Waals surface area contributed by atoms with E-state index in [1.54, 1.807) is 13.0 Å². The third kappa shape index (κ3) is 4.48. The fourth-order valence-corrected chi connectivity index (χ4v) is 2.33. The zero-order chi connectivity index (χ0) is 13.6. The lowest BCUT2D eigenvalue weighted by Gasteiger charge is -2.12. The molecule has 1 rings (SSSR count). The lowest BCUT2D eigenvalue weighted by molar-refractivity contribution is 0.337. The highest BCUT2D eigenvalue weighted by Crippen LogP contribution is 2.28. The van der Waals surface area contributed by atoms with E-state index in [1.807, 2.05) is 19.2 Å². The molecule has 0 aromatic heterocycles. The van der Waals surface area contributed by atoms with Gasteiger partial charge in [0.15, 0.2) is 9.84 Å². The monoisotopic (exact) mass is 291 g/mol. The van der Waals surface area contributed by atoms with Crippen LogP contribution in [0.2, 0.25) is 5.02 Å². The smallest absolute Gasteiger partial charge is 0.153 e. The SMILES string of the molecule is CCS(=O)(=O)CCOc1c(Cl)cccc1CNC. The van der Waals surface area contributed by atoms with Gasteiger partial charge in [0.25, 0.3) is 0 Å². The molecule has 102 valence electrons. The van der Waals surface area contributed by atoms with E-state index in [0.29, 0.717) is 17.3 Å². The Bertz CT molecular complexity index is 488. The minimum absolute atomic E-state index is 0.00766. The van der Waals surface area contributed by atoms with Crippen molar-refractivity contribution in [1.82, 2.24) is 5.32 Å². The van der Waals surface area contributed by atoms with E-state index in [2.05, 4.69) is 5.32 Å². The predicted molar refractivity (Wildman–Crippen MR) is 74.0 cm³/mol. The number of ether oxygens (including phenoxy) is 1. The van der Waals surface area contributed by atoms with Crippen LogP contribution in [-0.2, 0) is 16.4 Å². The van der Waals surface area contributed by atoms with Crippen LogP contribution in [0.3, 0.4) is 0 Å². The molecule has 0 atom stereocenters. The van der Waals surface area contributed by atoms with E-state index in [1.165, 1.54) is 0 Å². The second kappa shape index (κ2) is 6.97. The summed E-state index contributed by atoms with van der Waals surface area (Å²) in [5.41, 5.74) is 0.916. The lowest BCUT2D eigenvalue weighted by Crippen LogP contribution is -2.16. The van der Waals surface area contributed by atoms with Gasteiger partial charge in [-0.25, -0.2) is 8.42 Å². The summed E-state index contributed by atoms with van der Waals surface area (Å²) >= 11 is 6.05. The fourth-order valence-electron chi connectivity index (χ4n) is 1.46.